The number of aromatic hydroxyl groups is 1. The number of anilines is 1. The third-order valence-corrected chi connectivity index (χ3v) is 7.02. The lowest BCUT2D eigenvalue weighted by atomic mass is 9.86. The summed E-state index contributed by atoms with van der Waals surface area (Å²) in [6.07, 6.45) is -0.177. The molecule has 2 amide bonds. The summed E-state index contributed by atoms with van der Waals surface area (Å²) in [7, 11) is 2.99. The molecule has 1 aliphatic heterocycles. The number of primary amides is 1. The van der Waals surface area contributed by atoms with Crippen molar-refractivity contribution in [1.29, 1.82) is 0 Å². The van der Waals surface area contributed by atoms with Crippen LogP contribution in [0.1, 0.15) is 58.6 Å². The number of ether oxygens (including phenoxy) is 3. The van der Waals surface area contributed by atoms with Gasteiger partial charge in [-0.3, -0.25) is 4.79 Å². The van der Waals surface area contributed by atoms with Gasteiger partial charge in [-0.1, -0.05) is 26.0 Å². The van der Waals surface area contributed by atoms with Crippen LogP contribution >= 0.6 is 0 Å². The van der Waals surface area contributed by atoms with Crippen molar-refractivity contribution in [2.24, 2.45) is 17.6 Å². The Morgan fingerprint density at radius 2 is 1.74 bits per heavy atom. The van der Waals surface area contributed by atoms with Gasteiger partial charge in [-0.2, -0.15) is 0 Å². The topological polar surface area (TPSA) is 161 Å². The van der Waals surface area contributed by atoms with E-state index >= 15 is 0 Å². The Bertz CT molecular complexity index is 1020. The number of allylic oxidation sites excluding steroid dienone is 1. The lowest BCUT2D eigenvalue weighted by molar-refractivity contribution is -0.112. The molecule has 2 rings (SSSR count). The Labute approximate surface area is 224 Å². The summed E-state index contributed by atoms with van der Waals surface area (Å²) in [5, 5.41) is 35.1. The normalized spacial score (nSPS) is 32.8. The first-order chi connectivity index (χ1) is 17.9. The summed E-state index contributed by atoms with van der Waals surface area (Å²) in [6.45, 7) is 7.06. The SMILES string of the molecule is CO[C@H]1C[C@H](C)[C@@H](O)c2cc(O)cc(c2)NC(=O)/C(C)=C/CC[C@H](OC)[C@@H](OC(N)=O)/C(C)=C/[C@H](C)[C@H]1O. The number of benzene rings is 1. The molecule has 38 heavy (non-hydrogen) atoms. The van der Waals surface area contributed by atoms with E-state index in [0.717, 1.165) is 0 Å². The van der Waals surface area contributed by atoms with Gasteiger partial charge in [0.2, 0.25) is 0 Å². The average Bonchev–Trinajstić information content (AvgIpc) is 2.86. The third-order valence-electron chi connectivity index (χ3n) is 7.02. The van der Waals surface area contributed by atoms with Crippen LogP contribution in [-0.2, 0) is 19.0 Å². The molecule has 0 aliphatic carbocycles. The van der Waals surface area contributed by atoms with Gasteiger partial charge in [-0.05, 0) is 62.3 Å². The lowest BCUT2D eigenvalue weighted by Crippen LogP contribution is -2.38. The summed E-state index contributed by atoms with van der Waals surface area (Å²) in [5.74, 6) is -1.24. The summed E-state index contributed by atoms with van der Waals surface area (Å²) >= 11 is 0. The second-order valence-electron chi connectivity index (χ2n) is 10.1. The molecular formula is C28H42N2O8. The first kappa shape index (κ1) is 31.3. The van der Waals surface area contributed by atoms with Crippen molar-refractivity contribution in [3.8, 4) is 5.75 Å². The van der Waals surface area contributed by atoms with Crippen molar-refractivity contribution in [1.82, 2.24) is 0 Å². The molecule has 1 aromatic carbocycles. The van der Waals surface area contributed by atoms with Crippen molar-refractivity contribution in [2.45, 2.75) is 77.5 Å². The molecule has 0 unspecified atom stereocenters. The quantitative estimate of drug-likeness (QED) is 0.368. The molecule has 10 nitrogen and oxygen atoms in total. The fourth-order valence-corrected chi connectivity index (χ4v) is 4.79. The number of carbonyl (C=O) groups excluding carboxylic acids is 2. The van der Waals surface area contributed by atoms with Crippen LogP contribution in [0.4, 0.5) is 10.5 Å². The molecule has 1 aliphatic rings. The number of aliphatic hydroxyl groups is 2. The molecule has 0 aromatic heterocycles. The molecule has 6 N–H and O–H groups in total. The Hall–Kier alpha value is -2.92. The number of nitrogens with two attached hydrogens (primary N) is 1. The molecule has 1 heterocycles. The molecule has 1 aromatic rings. The zero-order valence-corrected chi connectivity index (χ0v) is 23.0. The van der Waals surface area contributed by atoms with Crippen molar-refractivity contribution < 1.29 is 39.1 Å². The van der Waals surface area contributed by atoms with Crippen molar-refractivity contribution in [3.63, 3.8) is 0 Å². The number of methoxy groups -OCH3 is 2. The fraction of sp³-hybridized carbons (Fsp3) is 0.571. The summed E-state index contributed by atoms with van der Waals surface area (Å²) in [4.78, 5) is 24.5. The van der Waals surface area contributed by atoms with Gasteiger partial charge in [0.1, 0.15) is 5.75 Å². The Balaban J connectivity index is 2.52. The number of aliphatic hydroxyl groups excluding tert-OH is 2. The highest BCUT2D eigenvalue weighted by atomic mass is 16.6. The zero-order valence-electron chi connectivity index (χ0n) is 23.0. The van der Waals surface area contributed by atoms with Gasteiger partial charge in [0.25, 0.3) is 5.91 Å². The van der Waals surface area contributed by atoms with Crippen LogP contribution in [-0.4, -0.2) is 66.0 Å². The molecular weight excluding hydrogens is 492 g/mol. The standard InChI is InChI=1S/C28H42N2O8/c1-15-8-7-9-22(36-5)26(38-28(29)35)18(4)10-16(2)25(33)23(37-6)11-17(3)24(32)19-12-20(30-27(15)34)14-21(31)13-19/h8,10,12-14,16-17,22-26,31-33H,7,9,11H2,1-6H3,(H2,29,35)(H,30,34)/b15-8+,18-10+/t16-,17-,22-,23-,24+,25+,26-/m0/s1. The first-order valence-electron chi connectivity index (χ1n) is 12.8. The van der Waals surface area contributed by atoms with Crippen LogP contribution < -0.4 is 11.1 Å². The number of fused-ring (bicyclic) bond motifs is 2. The monoisotopic (exact) mass is 534 g/mol. The smallest absolute Gasteiger partial charge is 0.405 e. The van der Waals surface area contributed by atoms with Gasteiger partial charge in [0.05, 0.1) is 24.4 Å². The van der Waals surface area contributed by atoms with E-state index in [1.165, 1.54) is 26.4 Å². The minimum Gasteiger partial charge on any atom is -0.508 e. The number of hydrogen-bond donors (Lipinski definition) is 5. The highest BCUT2D eigenvalue weighted by Crippen LogP contribution is 2.33. The number of rotatable bonds is 3. The van der Waals surface area contributed by atoms with E-state index in [1.807, 2.05) is 13.8 Å². The summed E-state index contributed by atoms with van der Waals surface area (Å²) in [6, 6.07) is 4.46. The van der Waals surface area contributed by atoms with Gasteiger partial charge in [-0.15, -0.1) is 0 Å². The Morgan fingerprint density at radius 1 is 1.08 bits per heavy atom. The van der Waals surface area contributed by atoms with Crippen molar-refractivity contribution in [3.05, 3.63) is 47.1 Å². The molecule has 0 spiro atoms. The van der Waals surface area contributed by atoms with Crippen LogP contribution in [0, 0.1) is 11.8 Å². The Kier molecular flexibility index (Phi) is 11.8. The summed E-state index contributed by atoms with van der Waals surface area (Å²) < 4.78 is 16.6. The van der Waals surface area contributed by atoms with E-state index in [2.05, 4.69) is 5.32 Å². The molecule has 0 fully saturated rings. The highest BCUT2D eigenvalue weighted by Gasteiger charge is 2.31. The predicted octanol–water partition coefficient (Wildman–Crippen LogP) is 3.57. The maximum Gasteiger partial charge on any atom is 0.405 e. The number of phenolic OH excluding ortho intramolecular Hbond substituents is 1. The third kappa shape index (κ3) is 8.56. The van der Waals surface area contributed by atoms with Crippen LogP contribution in [0.5, 0.6) is 5.75 Å². The van der Waals surface area contributed by atoms with Gasteiger partial charge >= 0.3 is 6.09 Å². The van der Waals surface area contributed by atoms with Crippen LogP contribution in [0.3, 0.4) is 0 Å². The molecule has 7 atom stereocenters. The van der Waals surface area contributed by atoms with Crippen molar-refractivity contribution >= 4 is 17.7 Å². The molecule has 0 saturated heterocycles. The molecule has 0 saturated carbocycles. The van der Waals surface area contributed by atoms with E-state index in [0.29, 0.717) is 41.7 Å². The first-order valence-corrected chi connectivity index (χ1v) is 12.8. The van der Waals surface area contributed by atoms with Gasteiger partial charge in [0, 0.05) is 37.5 Å². The predicted molar refractivity (Wildman–Crippen MR) is 143 cm³/mol. The van der Waals surface area contributed by atoms with Crippen LogP contribution in [0.2, 0.25) is 0 Å². The second kappa shape index (κ2) is 14.3. The van der Waals surface area contributed by atoms with E-state index < -0.39 is 42.5 Å². The number of hydrogen-bond acceptors (Lipinski definition) is 8. The second-order valence-corrected chi connectivity index (χ2v) is 10.1. The number of amides is 2. The largest absolute Gasteiger partial charge is 0.508 e. The maximum absolute atomic E-state index is 12.8. The minimum atomic E-state index is -0.996. The summed E-state index contributed by atoms with van der Waals surface area (Å²) in [5.41, 5.74) is 7.19. The van der Waals surface area contributed by atoms with Crippen LogP contribution in [0.25, 0.3) is 0 Å². The maximum atomic E-state index is 12.8. The highest BCUT2D eigenvalue weighted by molar-refractivity contribution is 6.03. The van der Waals surface area contributed by atoms with Gasteiger partial charge in [-0.25, -0.2) is 4.79 Å². The number of carbonyl (C=O) groups is 2. The minimum absolute atomic E-state index is 0.0995. The molecule has 2 bridgehead atoms. The van der Waals surface area contributed by atoms with Crippen LogP contribution in [0.15, 0.2) is 41.5 Å². The lowest BCUT2D eigenvalue weighted by Gasteiger charge is -2.31. The fourth-order valence-electron chi connectivity index (χ4n) is 4.79. The van der Waals surface area contributed by atoms with E-state index in [-0.39, 0.29) is 17.6 Å². The molecule has 0 radical (unpaired) electrons. The van der Waals surface area contributed by atoms with Gasteiger partial charge in [0.15, 0.2) is 6.10 Å². The number of phenols is 1. The Morgan fingerprint density at radius 3 is 2.34 bits per heavy atom. The van der Waals surface area contributed by atoms with Gasteiger partial charge < -0.3 is 40.6 Å². The average molecular weight is 535 g/mol. The molecule has 10 heteroatoms. The van der Waals surface area contributed by atoms with E-state index in [1.54, 1.807) is 32.1 Å². The van der Waals surface area contributed by atoms with E-state index in [9.17, 15) is 24.9 Å². The zero-order chi connectivity index (χ0) is 28.6. The number of nitrogens with one attached hydrogen (secondary N) is 1. The molecule has 212 valence electrons. The van der Waals surface area contributed by atoms with E-state index in [4.69, 9.17) is 19.9 Å². The van der Waals surface area contributed by atoms with Crippen molar-refractivity contribution in [2.75, 3.05) is 19.5 Å².